The van der Waals surface area contributed by atoms with Gasteiger partial charge in [-0.15, -0.1) is 0 Å². The predicted molar refractivity (Wildman–Crippen MR) is 118 cm³/mol. The minimum atomic E-state index is -0.422. The third-order valence-electron chi connectivity index (χ3n) is 5.18. The molecule has 0 atom stereocenters. The SMILES string of the molecule is Nc1c(NNC(=O)c2ccc(F)cc2)ncnc1N1CCN(Cc2ccccc2)CC1. The number of halogens is 1. The van der Waals surface area contributed by atoms with Crippen LogP contribution in [0.15, 0.2) is 60.9 Å². The summed E-state index contributed by atoms with van der Waals surface area (Å²) in [7, 11) is 0. The molecule has 1 aromatic heterocycles. The first-order valence-electron chi connectivity index (χ1n) is 10.0. The largest absolute Gasteiger partial charge is 0.393 e. The second-order valence-electron chi connectivity index (χ2n) is 7.29. The Labute approximate surface area is 179 Å². The highest BCUT2D eigenvalue weighted by molar-refractivity contribution is 5.95. The van der Waals surface area contributed by atoms with E-state index in [9.17, 15) is 9.18 Å². The fraction of sp³-hybridized carbons (Fsp3) is 0.227. The van der Waals surface area contributed by atoms with Crippen molar-refractivity contribution in [2.24, 2.45) is 0 Å². The molecule has 1 aliphatic heterocycles. The molecule has 4 rings (SSSR count). The van der Waals surface area contributed by atoms with Crippen molar-refractivity contribution < 1.29 is 9.18 Å². The van der Waals surface area contributed by atoms with Gasteiger partial charge < -0.3 is 10.6 Å². The minimum Gasteiger partial charge on any atom is -0.393 e. The molecule has 2 heterocycles. The molecule has 1 fully saturated rings. The van der Waals surface area contributed by atoms with Gasteiger partial charge in [0.2, 0.25) is 0 Å². The summed E-state index contributed by atoms with van der Waals surface area (Å²) in [5.41, 5.74) is 13.5. The van der Waals surface area contributed by atoms with Crippen LogP contribution in [0.4, 0.5) is 21.7 Å². The molecule has 0 saturated carbocycles. The molecule has 1 aliphatic rings. The van der Waals surface area contributed by atoms with Crippen LogP contribution in [0, 0.1) is 5.82 Å². The van der Waals surface area contributed by atoms with Crippen molar-refractivity contribution in [3.05, 3.63) is 77.9 Å². The van der Waals surface area contributed by atoms with E-state index in [-0.39, 0.29) is 0 Å². The number of nitrogens with two attached hydrogens (primary N) is 1. The van der Waals surface area contributed by atoms with Crippen molar-refractivity contribution in [1.82, 2.24) is 20.3 Å². The molecule has 1 amide bonds. The summed E-state index contributed by atoms with van der Waals surface area (Å²) in [6, 6.07) is 15.6. The lowest BCUT2D eigenvalue weighted by Gasteiger charge is -2.36. The van der Waals surface area contributed by atoms with Gasteiger partial charge in [-0.2, -0.15) is 0 Å². The van der Waals surface area contributed by atoms with E-state index >= 15 is 0 Å². The third kappa shape index (κ3) is 5.07. The summed E-state index contributed by atoms with van der Waals surface area (Å²) in [5, 5.41) is 0. The van der Waals surface area contributed by atoms with E-state index in [1.807, 2.05) is 6.07 Å². The summed E-state index contributed by atoms with van der Waals surface area (Å²) < 4.78 is 13.0. The Bertz CT molecular complexity index is 1020. The summed E-state index contributed by atoms with van der Waals surface area (Å²) in [4.78, 5) is 25.2. The number of hydrogen-bond donors (Lipinski definition) is 3. The number of carbonyl (C=O) groups is 1. The number of hydrogen-bond acceptors (Lipinski definition) is 7. The monoisotopic (exact) mass is 421 g/mol. The topological polar surface area (TPSA) is 99.4 Å². The van der Waals surface area contributed by atoms with Gasteiger partial charge in [0.15, 0.2) is 11.6 Å². The quantitative estimate of drug-likeness (QED) is 0.525. The molecule has 0 aliphatic carbocycles. The zero-order valence-corrected chi connectivity index (χ0v) is 17.0. The van der Waals surface area contributed by atoms with Crippen LogP contribution in [0.2, 0.25) is 0 Å². The maximum absolute atomic E-state index is 13.0. The van der Waals surface area contributed by atoms with Crippen LogP contribution in [0.5, 0.6) is 0 Å². The zero-order valence-electron chi connectivity index (χ0n) is 17.0. The number of amides is 1. The highest BCUT2D eigenvalue weighted by Gasteiger charge is 2.21. The highest BCUT2D eigenvalue weighted by atomic mass is 19.1. The maximum atomic E-state index is 13.0. The number of nitrogens with one attached hydrogen (secondary N) is 2. The average Bonchev–Trinajstić information content (AvgIpc) is 2.80. The lowest BCUT2D eigenvalue weighted by Crippen LogP contribution is -2.46. The fourth-order valence-corrected chi connectivity index (χ4v) is 3.49. The molecule has 9 heteroatoms. The molecule has 0 radical (unpaired) electrons. The Kier molecular flexibility index (Phi) is 6.23. The van der Waals surface area contributed by atoms with Crippen LogP contribution in [0.3, 0.4) is 0 Å². The molecular weight excluding hydrogens is 397 g/mol. The van der Waals surface area contributed by atoms with Crippen molar-refractivity contribution in [1.29, 1.82) is 0 Å². The molecule has 0 spiro atoms. The van der Waals surface area contributed by atoms with Gasteiger partial charge in [-0.3, -0.25) is 20.5 Å². The number of nitrogen functional groups attached to an aromatic ring is 1. The van der Waals surface area contributed by atoms with Gasteiger partial charge in [-0.25, -0.2) is 14.4 Å². The van der Waals surface area contributed by atoms with E-state index in [0.29, 0.717) is 22.9 Å². The number of hydrazine groups is 1. The minimum absolute atomic E-state index is 0.312. The number of piperazine rings is 1. The molecule has 31 heavy (non-hydrogen) atoms. The van der Waals surface area contributed by atoms with Gasteiger partial charge in [-0.05, 0) is 29.8 Å². The van der Waals surface area contributed by atoms with Crippen molar-refractivity contribution in [2.45, 2.75) is 6.54 Å². The zero-order chi connectivity index (χ0) is 21.6. The average molecular weight is 421 g/mol. The van der Waals surface area contributed by atoms with E-state index < -0.39 is 11.7 Å². The first-order chi connectivity index (χ1) is 15.1. The summed E-state index contributed by atoms with van der Waals surface area (Å²) in [6.45, 7) is 4.27. The van der Waals surface area contributed by atoms with Gasteiger partial charge in [0.05, 0.1) is 0 Å². The molecule has 1 saturated heterocycles. The third-order valence-corrected chi connectivity index (χ3v) is 5.18. The van der Waals surface area contributed by atoms with Crippen LogP contribution in [0.1, 0.15) is 15.9 Å². The molecule has 8 nitrogen and oxygen atoms in total. The van der Waals surface area contributed by atoms with Crippen LogP contribution in [-0.2, 0) is 6.54 Å². The number of carbonyl (C=O) groups excluding carboxylic acids is 1. The molecule has 2 aromatic carbocycles. The number of nitrogens with zero attached hydrogens (tertiary/aromatic N) is 4. The van der Waals surface area contributed by atoms with Gasteiger partial charge in [0, 0.05) is 38.3 Å². The normalized spacial score (nSPS) is 14.3. The summed E-state index contributed by atoms with van der Waals surface area (Å²) in [5.74, 6) is 0.118. The Balaban J connectivity index is 1.35. The highest BCUT2D eigenvalue weighted by Crippen LogP contribution is 2.26. The molecule has 0 unspecified atom stereocenters. The van der Waals surface area contributed by atoms with E-state index in [2.05, 4.69) is 54.9 Å². The van der Waals surface area contributed by atoms with Crippen LogP contribution in [0.25, 0.3) is 0 Å². The Morgan fingerprint density at radius 2 is 1.71 bits per heavy atom. The van der Waals surface area contributed by atoms with Crippen molar-refractivity contribution in [3.63, 3.8) is 0 Å². The van der Waals surface area contributed by atoms with E-state index in [4.69, 9.17) is 5.73 Å². The second kappa shape index (κ2) is 9.40. The van der Waals surface area contributed by atoms with E-state index in [1.54, 1.807) is 0 Å². The standard InChI is InChI=1S/C22H24FN7O/c23-18-8-6-17(7-9-18)22(31)28-27-20-19(24)21(26-15-25-20)30-12-10-29(11-13-30)14-16-4-2-1-3-5-16/h1-9,15H,10-14,24H2,(H,28,31)(H,25,26,27). The van der Waals surface area contributed by atoms with Crippen molar-refractivity contribution in [2.75, 3.05) is 42.2 Å². The Morgan fingerprint density at radius 3 is 2.42 bits per heavy atom. The number of rotatable bonds is 6. The maximum Gasteiger partial charge on any atom is 0.269 e. The fourth-order valence-electron chi connectivity index (χ4n) is 3.49. The first kappa shape index (κ1) is 20.5. The molecule has 160 valence electrons. The van der Waals surface area contributed by atoms with Crippen molar-refractivity contribution in [3.8, 4) is 0 Å². The summed E-state index contributed by atoms with van der Waals surface area (Å²) in [6.07, 6.45) is 1.41. The van der Waals surface area contributed by atoms with E-state index in [0.717, 1.165) is 32.7 Å². The lowest BCUT2D eigenvalue weighted by molar-refractivity contribution is 0.0962. The van der Waals surface area contributed by atoms with Gasteiger partial charge in [0.1, 0.15) is 17.8 Å². The number of benzene rings is 2. The molecule has 3 aromatic rings. The van der Waals surface area contributed by atoms with Gasteiger partial charge in [0.25, 0.3) is 5.91 Å². The lowest BCUT2D eigenvalue weighted by atomic mass is 10.2. The Morgan fingerprint density at radius 1 is 1.00 bits per heavy atom. The summed E-state index contributed by atoms with van der Waals surface area (Å²) >= 11 is 0. The van der Waals surface area contributed by atoms with Crippen LogP contribution in [-0.4, -0.2) is 47.0 Å². The molecule has 0 bridgehead atoms. The Hall–Kier alpha value is -3.72. The first-order valence-corrected chi connectivity index (χ1v) is 10.0. The number of anilines is 3. The van der Waals surface area contributed by atoms with Crippen molar-refractivity contribution >= 4 is 23.2 Å². The number of aromatic nitrogens is 2. The predicted octanol–water partition coefficient (Wildman–Crippen LogP) is 2.28. The second-order valence-corrected chi connectivity index (χ2v) is 7.29. The smallest absolute Gasteiger partial charge is 0.269 e. The molecular formula is C22H24FN7O. The molecule has 4 N–H and O–H groups in total. The van der Waals surface area contributed by atoms with Crippen LogP contribution >= 0.6 is 0 Å². The van der Waals surface area contributed by atoms with Crippen LogP contribution < -0.4 is 21.5 Å². The van der Waals surface area contributed by atoms with Gasteiger partial charge in [-0.1, -0.05) is 30.3 Å². The van der Waals surface area contributed by atoms with E-state index in [1.165, 1.54) is 36.2 Å². The van der Waals surface area contributed by atoms with Gasteiger partial charge >= 0.3 is 0 Å².